The Hall–Kier alpha value is -2.20. The predicted molar refractivity (Wildman–Crippen MR) is 101 cm³/mol. The molecule has 2 rings (SSSR count). The normalized spacial score (nSPS) is 10.2. The van der Waals surface area contributed by atoms with Gasteiger partial charge >= 0.3 is 0 Å². The van der Waals surface area contributed by atoms with E-state index in [1.54, 1.807) is 11.8 Å². The lowest BCUT2D eigenvalue weighted by Gasteiger charge is -2.12. The molecule has 126 valence electrons. The van der Waals surface area contributed by atoms with Crippen LogP contribution in [-0.4, -0.2) is 24.8 Å². The first-order chi connectivity index (χ1) is 11.6. The Balaban J connectivity index is 1.87. The largest absolute Gasteiger partial charge is 0.491 e. The van der Waals surface area contributed by atoms with E-state index in [4.69, 9.17) is 4.74 Å². The molecule has 0 aromatic heterocycles. The highest BCUT2D eigenvalue weighted by atomic mass is 32.2. The van der Waals surface area contributed by atoms with E-state index in [1.807, 2.05) is 49.4 Å². The van der Waals surface area contributed by atoms with E-state index in [2.05, 4.69) is 24.9 Å². The first-order valence-corrected chi connectivity index (χ1v) is 8.92. The molecule has 24 heavy (non-hydrogen) atoms. The van der Waals surface area contributed by atoms with Crippen molar-refractivity contribution in [3.63, 3.8) is 0 Å². The summed E-state index contributed by atoms with van der Waals surface area (Å²) < 4.78 is 5.77. The molecule has 0 saturated carbocycles. The standard InChI is InChI=1S/C20H23NO2S/c1-4-14-24-19-11-6-5-9-17(19)20(22)21-12-13-23-18-10-7-8-15(2)16(18)3/h4-11H,1,12-14H2,2-3H3,(H,21,22). The number of ether oxygens (including phenoxy) is 1. The molecule has 0 bridgehead atoms. The lowest BCUT2D eigenvalue weighted by molar-refractivity contribution is 0.0944. The van der Waals surface area contributed by atoms with Crippen molar-refractivity contribution < 1.29 is 9.53 Å². The summed E-state index contributed by atoms with van der Waals surface area (Å²) in [6, 6.07) is 13.6. The Morgan fingerprint density at radius 1 is 1.21 bits per heavy atom. The lowest BCUT2D eigenvalue weighted by Crippen LogP contribution is -2.28. The summed E-state index contributed by atoms with van der Waals surface area (Å²) in [5, 5.41) is 2.92. The van der Waals surface area contributed by atoms with Gasteiger partial charge in [0.2, 0.25) is 0 Å². The zero-order valence-electron chi connectivity index (χ0n) is 14.2. The van der Waals surface area contributed by atoms with Crippen molar-refractivity contribution in [2.24, 2.45) is 0 Å². The van der Waals surface area contributed by atoms with E-state index < -0.39 is 0 Å². The maximum atomic E-state index is 12.4. The average molecular weight is 341 g/mol. The summed E-state index contributed by atoms with van der Waals surface area (Å²) in [6.45, 7) is 8.72. The van der Waals surface area contributed by atoms with Crippen molar-refractivity contribution in [3.8, 4) is 5.75 Å². The molecule has 0 aliphatic carbocycles. The van der Waals surface area contributed by atoms with Crippen LogP contribution in [0.2, 0.25) is 0 Å². The molecule has 1 N–H and O–H groups in total. The minimum absolute atomic E-state index is 0.0771. The second-order valence-corrected chi connectivity index (χ2v) is 6.46. The number of carbonyl (C=O) groups is 1. The fourth-order valence-corrected chi connectivity index (χ4v) is 3.02. The number of hydrogen-bond donors (Lipinski definition) is 1. The predicted octanol–water partition coefficient (Wildman–Crippen LogP) is 4.39. The van der Waals surface area contributed by atoms with Gasteiger partial charge in [0.25, 0.3) is 5.91 Å². The third-order valence-electron chi connectivity index (χ3n) is 3.69. The van der Waals surface area contributed by atoms with E-state index in [1.165, 1.54) is 5.56 Å². The summed E-state index contributed by atoms with van der Waals surface area (Å²) in [5.41, 5.74) is 3.02. The van der Waals surface area contributed by atoms with Crippen molar-refractivity contribution in [1.82, 2.24) is 5.32 Å². The summed E-state index contributed by atoms with van der Waals surface area (Å²) >= 11 is 1.60. The summed E-state index contributed by atoms with van der Waals surface area (Å²) in [7, 11) is 0. The van der Waals surface area contributed by atoms with Crippen molar-refractivity contribution in [2.45, 2.75) is 18.7 Å². The second-order valence-electron chi connectivity index (χ2n) is 5.40. The van der Waals surface area contributed by atoms with Crippen molar-refractivity contribution >= 4 is 17.7 Å². The number of carbonyl (C=O) groups excluding carboxylic acids is 1. The molecule has 2 aromatic carbocycles. The Morgan fingerprint density at radius 2 is 2.00 bits per heavy atom. The van der Waals surface area contributed by atoms with Crippen LogP contribution in [0.1, 0.15) is 21.5 Å². The SMILES string of the molecule is C=CCSc1ccccc1C(=O)NCCOc1cccc(C)c1C. The van der Waals surface area contributed by atoms with Crippen LogP contribution in [0.25, 0.3) is 0 Å². The third kappa shape index (κ3) is 4.90. The smallest absolute Gasteiger partial charge is 0.252 e. The lowest BCUT2D eigenvalue weighted by atomic mass is 10.1. The van der Waals surface area contributed by atoms with Gasteiger partial charge in [-0.1, -0.05) is 30.3 Å². The number of amides is 1. The third-order valence-corrected chi connectivity index (χ3v) is 4.76. The monoisotopic (exact) mass is 341 g/mol. The van der Waals surface area contributed by atoms with Gasteiger partial charge in [-0.15, -0.1) is 18.3 Å². The van der Waals surface area contributed by atoms with Crippen LogP contribution in [0.3, 0.4) is 0 Å². The van der Waals surface area contributed by atoms with Crippen LogP contribution in [0.15, 0.2) is 60.0 Å². The Labute approximate surface area is 148 Å². The minimum Gasteiger partial charge on any atom is -0.491 e. The molecule has 0 saturated heterocycles. The molecule has 0 fully saturated rings. The van der Waals surface area contributed by atoms with Crippen LogP contribution in [0, 0.1) is 13.8 Å². The van der Waals surface area contributed by atoms with Crippen LogP contribution < -0.4 is 10.1 Å². The molecular weight excluding hydrogens is 318 g/mol. The molecule has 0 atom stereocenters. The average Bonchev–Trinajstić information content (AvgIpc) is 2.60. The molecule has 0 spiro atoms. The molecular formula is C20H23NO2S. The van der Waals surface area contributed by atoms with Crippen molar-refractivity contribution in [1.29, 1.82) is 0 Å². The molecule has 0 radical (unpaired) electrons. The molecule has 0 aliphatic heterocycles. The topological polar surface area (TPSA) is 38.3 Å². The molecule has 3 nitrogen and oxygen atoms in total. The summed E-state index contributed by atoms with van der Waals surface area (Å²) in [5.74, 6) is 1.57. The number of nitrogens with one attached hydrogen (secondary N) is 1. The number of thioether (sulfide) groups is 1. The molecule has 4 heteroatoms. The summed E-state index contributed by atoms with van der Waals surface area (Å²) in [6.07, 6.45) is 1.83. The highest BCUT2D eigenvalue weighted by molar-refractivity contribution is 7.99. The van der Waals surface area contributed by atoms with Crippen molar-refractivity contribution in [2.75, 3.05) is 18.9 Å². The number of hydrogen-bond acceptors (Lipinski definition) is 3. The number of benzene rings is 2. The first-order valence-electron chi connectivity index (χ1n) is 7.93. The van der Waals surface area contributed by atoms with Crippen LogP contribution in [-0.2, 0) is 0 Å². The van der Waals surface area contributed by atoms with Crippen LogP contribution >= 0.6 is 11.8 Å². The molecule has 1 amide bonds. The maximum absolute atomic E-state index is 12.4. The Morgan fingerprint density at radius 3 is 2.79 bits per heavy atom. The van der Waals surface area contributed by atoms with E-state index in [9.17, 15) is 4.79 Å². The minimum atomic E-state index is -0.0771. The zero-order valence-corrected chi connectivity index (χ0v) is 15.0. The van der Waals surface area contributed by atoms with Gasteiger partial charge in [-0.25, -0.2) is 0 Å². The zero-order chi connectivity index (χ0) is 17.4. The van der Waals surface area contributed by atoms with E-state index in [-0.39, 0.29) is 5.91 Å². The van der Waals surface area contributed by atoms with E-state index >= 15 is 0 Å². The second kappa shape index (κ2) is 9.18. The van der Waals surface area contributed by atoms with E-state index in [0.29, 0.717) is 18.7 Å². The van der Waals surface area contributed by atoms with Gasteiger partial charge in [-0.05, 0) is 43.2 Å². The number of aryl methyl sites for hydroxylation is 1. The quantitative estimate of drug-likeness (QED) is 0.440. The summed E-state index contributed by atoms with van der Waals surface area (Å²) in [4.78, 5) is 13.3. The molecule has 2 aromatic rings. The van der Waals surface area contributed by atoms with E-state index in [0.717, 1.165) is 22.0 Å². The fourth-order valence-electron chi connectivity index (χ4n) is 2.23. The van der Waals surface area contributed by atoms with Gasteiger partial charge < -0.3 is 10.1 Å². The van der Waals surface area contributed by atoms with Gasteiger partial charge in [0.1, 0.15) is 12.4 Å². The number of rotatable bonds is 8. The van der Waals surface area contributed by atoms with Crippen LogP contribution in [0.5, 0.6) is 5.75 Å². The first kappa shape index (κ1) is 18.1. The van der Waals surface area contributed by atoms with Gasteiger partial charge in [0, 0.05) is 10.6 Å². The molecule has 0 heterocycles. The van der Waals surface area contributed by atoms with Gasteiger partial charge in [0.05, 0.1) is 12.1 Å². The highest BCUT2D eigenvalue weighted by Gasteiger charge is 2.10. The van der Waals surface area contributed by atoms with Crippen LogP contribution in [0.4, 0.5) is 0 Å². The Kier molecular flexibility index (Phi) is 6.94. The molecule has 0 unspecified atom stereocenters. The van der Waals surface area contributed by atoms with Gasteiger partial charge in [-0.2, -0.15) is 0 Å². The van der Waals surface area contributed by atoms with Crippen molar-refractivity contribution in [3.05, 3.63) is 71.8 Å². The van der Waals surface area contributed by atoms with Gasteiger partial charge in [0.15, 0.2) is 0 Å². The Bertz CT molecular complexity index is 713. The fraction of sp³-hybridized carbons (Fsp3) is 0.250. The maximum Gasteiger partial charge on any atom is 0.252 e. The molecule has 0 aliphatic rings. The van der Waals surface area contributed by atoms with Gasteiger partial charge in [-0.3, -0.25) is 4.79 Å². The highest BCUT2D eigenvalue weighted by Crippen LogP contribution is 2.22.